The van der Waals surface area contributed by atoms with Gasteiger partial charge >= 0.3 is 5.97 Å². The molecule has 0 spiro atoms. The molecule has 4 heterocycles. The van der Waals surface area contributed by atoms with Crippen molar-refractivity contribution in [2.45, 2.75) is 69.2 Å². The van der Waals surface area contributed by atoms with E-state index in [1.807, 2.05) is 0 Å². The highest BCUT2D eigenvalue weighted by atomic mass is 19.1. The number of aromatic amines is 1. The number of halogens is 2. The van der Waals surface area contributed by atoms with Crippen LogP contribution in [0, 0.1) is 11.6 Å². The van der Waals surface area contributed by atoms with Gasteiger partial charge < -0.3 is 19.4 Å². The second-order valence-corrected chi connectivity index (χ2v) is 9.91. The molecule has 0 radical (unpaired) electrons. The molecule has 2 bridgehead atoms. The largest absolute Gasteiger partial charge is 0.464 e. The first kappa shape index (κ1) is 23.1. The van der Waals surface area contributed by atoms with Crippen LogP contribution in [-0.4, -0.2) is 46.2 Å². The number of anilines is 1. The van der Waals surface area contributed by atoms with Crippen molar-refractivity contribution < 1.29 is 23.0 Å². The monoisotopic (exact) mass is 494 g/mol. The summed E-state index contributed by atoms with van der Waals surface area (Å²) in [5, 5.41) is 0. The number of nitrogens with zero attached hydrogens (tertiary/aromatic N) is 3. The van der Waals surface area contributed by atoms with E-state index in [9.17, 15) is 13.6 Å². The highest BCUT2D eigenvalue weighted by Gasteiger charge is 2.42. The van der Waals surface area contributed by atoms with Crippen molar-refractivity contribution in [1.82, 2.24) is 15.0 Å². The Morgan fingerprint density at radius 2 is 1.81 bits per heavy atom. The quantitative estimate of drug-likeness (QED) is 0.459. The number of nitrogens with one attached hydrogen (secondary N) is 1. The predicted molar refractivity (Wildman–Crippen MR) is 129 cm³/mol. The van der Waals surface area contributed by atoms with E-state index in [4.69, 9.17) is 9.47 Å². The summed E-state index contributed by atoms with van der Waals surface area (Å²) in [6.07, 6.45) is 10.7. The number of methoxy groups -OCH3 is 1. The Hall–Kier alpha value is -3.33. The number of aromatic nitrogens is 3. The molecular formula is C27H28F2N4O3. The van der Waals surface area contributed by atoms with Crippen LogP contribution in [0.1, 0.15) is 66.2 Å². The zero-order valence-corrected chi connectivity index (χ0v) is 20.0. The summed E-state index contributed by atoms with van der Waals surface area (Å²) in [5.74, 6) is -0.482. The van der Waals surface area contributed by atoms with Crippen LogP contribution in [0.3, 0.4) is 0 Å². The molecule has 9 heteroatoms. The Labute approximate surface area is 207 Å². The van der Waals surface area contributed by atoms with Crippen molar-refractivity contribution in [3.63, 3.8) is 0 Å². The van der Waals surface area contributed by atoms with E-state index in [1.54, 1.807) is 12.4 Å². The fourth-order valence-electron chi connectivity index (χ4n) is 5.84. The molecule has 1 aromatic carbocycles. The van der Waals surface area contributed by atoms with E-state index in [-0.39, 0.29) is 29.4 Å². The highest BCUT2D eigenvalue weighted by molar-refractivity contribution is 5.86. The van der Waals surface area contributed by atoms with E-state index in [0.29, 0.717) is 18.1 Å². The van der Waals surface area contributed by atoms with Crippen LogP contribution in [-0.2, 0) is 16.1 Å². The molecule has 3 aromatic rings. The molecule has 3 aliphatic rings. The SMILES string of the molecule is COC(=O)c1cnc(N2C3CCC2CC(OCc2c(-c4c(F)cccc4F)c[nH]c2C2CC2)C3)cn1. The maximum atomic E-state index is 14.6. The molecule has 6 rings (SSSR count). The fraction of sp³-hybridized carbons (Fsp3) is 0.444. The van der Waals surface area contributed by atoms with Gasteiger partial charge in [-0.25, -0.2) is 23.5 Å². The van der Waals surface area contributed by atoms with Gasteiger partial charge in [0.15, 0.2) is 5.69 Å². The minimum atomic E-state index is -0.566. The van der Waals surface area contributed by atoms with Crippen LogP contribution >= 0.6 is 0 Å². The van der Waals surface area contributed by atoms with Gasteiger partial charge in [0.1, 0.15) is 17.5 Å². The van der Waals surface area contributed by atoms with Crippen LogP contribution in [0.4, 0.5) is 14.6 Å². The Bertz CT molecular complexity index is 1240. The number of hydrogen-bond donors (Lipinski definition) is 1. The number of H-pyrrole nitrogens is 1. The van der Waals surface area contributed by atoms with Gasteiger partial charge in [0.05, 0.1) is 37.8 Å². The zero-order chi connectivity index (χ0) is 24.8. The summed E-state index contributed by atoms with van der Waals surface area (Å²) in [6, 6.07) is 4.51. The second kappa shape index (κ2) is 9.28. The van der Waals surface area contributed by atoms with Gasteiger partial charge in [-0.05, 0) is 56.6 Å². The fourth-order valence-corrected chi connectivity index (χ4v) is 5.84. The summed E-state index contributed by atoms with van der Waals surface area (Å²) in [4.78, 5) is 25.9. The molecule has 2 saturated heterocycles. The molecular weight excluding hydrogens is 466 g/mol. The highest BCUT2D eigenvalue weighted by Crippen LogP contribution is 2.45. The number of fused-ring (bicyclic) bond motifs is 2. The first-order valence-corrected chi connectivity index (χ1v) is 12.5. The topological polar surface area (TPSA) is 80.3 Å². The number of hydrogen-bond acceptors (Lipinski definition) is 6. The van der Waals surface area contributed by atoms with Crippen molar-refractivity contribution in [3.05, 3.63) is 65.4 Å². The van der Waals surface area contributed by atoms with Crippen LogP contribution in [0.5, 0.6) is 0 Å². The lowest BCUT2D eigenvalue weighted by molar-refractivity contribution is 0.0149. The number of benzene rings is 1. The first-order chi connectivity index (χ1) is 17.5. The van der Waals surface area contributed by atoms with E-state index in [2.05, 4.69) is 19.9 Å². The first-order valence-electron chi connectivity index (χ1n) is 12.5. The molecule has 3 fully saturated rings. The number of esters is 1. The van der Waals surface area contributed by atoms with Crippen LogP contribution < -0.4 is 4.90 Å². The number of carbonyl (C=O) groups excluding carboxylic acids is 1. The molecule has 36 heavy (non-hydrogen) atoms. The van der Waals surface area contributed by atoms with Gasteiger partial charge in [-0.2, -0.15) is 0 Å². The number of ether oxygens (including phenoxy) is 2. The van der Waals surface area contributed by atoms with E-state index in [0.717, 1.165) is 55.6 Å². The summed E-state index contributed by atoms with van der Waals surface area (Å²) in [5.41, 5.74) is 2.64. The standard InChI is InChI=1S/C27H28F2N4O3/c1-35-27(34)23-12-31-24(13-30-23)33-16-7-8-17(33)10-18(9-16)36-14-20-19(11-32-26(20)15-5-6-15)25-21(28)3-2-4-22(25)29/h2-4,11-13,15-18,32H,5-10,14H2,1H3. The minimum Gasteiger partial charge on any atom is -0.464 e. The Morgan fingerprint density at radius 3 is 2.42 bits per heavy atom. The normalized spacial score (nSPS) is 23.2. The average Bonchev–Trinajstić information content (AvgIpc) is 3.59. The lowest BCUT2D eigenvalue weighted by atomic mass is 9.98. The molecule has 2 aliphatic heterocycles. The zero-order valence-electron chi connectivity index (χ0n) is 20.0. The van der Waals surface area contributed by atoms with Crippen LogP contribution in [0.25, 0.3) is 11.1 Å². The van der Waals surface area contributed by atoms with Gasteiger partial charge in [0, 0.05) is 35.1 Å². The number of piperidine rings is 1. The predicted octanol–water partition coefficient (Wildman–Crippen LogP) is 5.13. The Balaban J connectivity index is 1.18. The molecule has 0 amide bonds. The van der Waals surface area contributed by atoms with Gasteiger partial charge in [-0.3, -0.25) is 0 Å². The molecule has 2 atom stereocenters. The van der Waals surface area contributed by atoms with Crippen molar-refractivity contribution in [1.29, 1.82) is 0 Å². The third-order valence-corrected chi connectivity index (χ3v) is 7.69. The lowest BCUT2D eigenvalue weighted by Crippen LogP contribution is -2.46. The Kier molecular flexibility index (Phi) is 5.95. The maximum absolute atomic E-state index is 14.6. The van der Waals surface area contributed by atoms with Crippen molar-refractivity contribution in [3.8, 4) is 11.1 Å². The maximum Gasteiger partial charge on any atom is 0.358 e. The number of rotatable bonds is 7. The third-order valence-electron chi connectivity index (χ3n) is 7.69. The minimum absolute atomic E-state index is 0.00288. The van der Waals surface area contributed by atoms with Crippen LogP contribution in [0.2, 0.25) is 0 Å². The van der Waals surface area contributed by atoms with Gasteiger partial charge in [0.2, 0.25) is 0 Å². The van der Waals surface area contributed by atoms with E-state index in [1.165, 1.54) is 31.5 Å². The molecule has 1 aliphatic carbocycles. The third kappa shape index (κ3) is 4.15. The lowest BCUT2D eigenvalue weighted by Gasteiger charge is -2.39. The Morgan fingerprint density at radius 1 is 1.08 bits per heavy atom. The van der Waals surface area contributed by atoms with E-state index >= 15 is 0 Å². The molecule has 1 saturated carbocycles. The summed E-state index contributed by atoms with van der Waals surface area (Å²) in [6.45, 7) is 0.316. The number of carbonyl (C=O) groups is 1. The van der Waals surface area contributed by atoms with Crippen molar-refractivity contribution in [2.75, 3.05) is 12.0 Å². The van der Waals surface area contributed by atoms with Crippen molar-refractivity contribution >= 4 is 11.8 Å². The van der Waals surface area contributed by atoms with Gasteiger partial charge in [-0.15, -0.1) is 0 Å². The summed E-state index contributed by atoms with van der Waals surface area (Å²) in [7, 11) is 1.32. The average molecular weight is 495 g/mol. The molecule has 2 aromatic heterocycles. The smallest absolute Gasteiger partial charge is 0.358 e. The summed E-state index contributed by atoms with van der Waals surface area (Å²) >= 11 is 0. The summed E-state index contributed by atoms with van der Waals surface area (Å²) < 4.78 is 40.3. The van der Waals surface area contributed by atoms with Crippen LogP contribution in [0.15, 0.2) is 36.8 Å². The van der Waals surface area contributed by atoms with Gasteiger partial charge in [0.25, 0.3) is 0 Å². The van der Waals surface area contributed by atoms with Gasteiger partial charge in [-0.1, -0.05) is 6.07 Å². The molecule has 2 unspecified atom stereocenters. The molecule has 1 N–H and O–H groups in total. The van der Waals surface area contributed by atoms with E-state index < -0.39 is 17.6 Å². The second-order valence-electron chi connectivity index (χ2n) is 9.91. The molecule has 188 valence electrons. The van der Waals surface area contributed by atoms with Crippen molar-refractivity contribution in [2.24, 2.45) is 0 Å². The molecule has 7 nitrogen and oxygen atoms in total.